The van der Waals surface area contributed by atoms with E-state index in [4.69, 9.17) is 4.74 Å². The van der Waals surface area contributed by atoms with Crippen LogP contribution in [0.3, 0.4) is 0 Å². The summed E-state index contributed by atoms with van der Waals surface area (Å²) >= 11 is 3.28. The minimum atomic E-state index is -0.806. The van der Waals surface area contributed by atoms with Gasteiger partial charge in [-0.2, -0.15) is 0 Å². The molecular weight excluding hydrogens is 428 g/mol. The smallest absolute Gasteiger partial charge is 0.335 e. The van der Waals surface area contributed by atoms with Crippen molar-refractivity contribution in [1.82, 2.24) is 5.32 Å². The highest BCUT2D eigenvalue weighted by Crippen LogP contribution is 2.34. The molecule has 4 amide bonds. The first kappa shape index (κ1) is 19.6. The third kappa shape index (κ3) is 3.63. The van der Waals surface area contributed by atoms with Gasteiger partial charge in [-0.25, -0.2) is 9.69 Å². The van der Waals surface area contributed by atoms with Crippen molar-refractivity contribution in [2.45, 2.75) is 13.8 Å². The van der Waals surface area contributed by atoms with Gasteiger partial charge in [0.05, 0.1) is 12.8 Å². The average Bonchev–Trinajstić information content (AvgIpc) is 2.59. The van der Waals surface area contributed by atoms with Crippen LogP contribution in [0.2, 0.25) is 0 Å². The summed E-state index contributed by atoms with van der Waals surface area (Å²) in [6.45, 7) is 3.70. The van der Waals surface area contributed by atoms with E-state index in [2.05, 4.69) is 21.2 Å². The molecule has 1 aliphatic heterocycles. The van der Waals surface area contributed by atoms with Crippen LogP contribution in [-0.4, -0.2) is 30.1 Å². The van der Waals surface area contributed by atoms with Gasteiger partial charge in [-0.05, 0) is 60.9 Å². The molecule has 0 aliphatic carbocycles. The second-order valence-corrected chi connectivity index (χ2v) is 7.20. The average molecular weight is 445 g/mol. The van der Waals surface area contributed by atoms with Crippen molar-refractivity contribution in [3.63, 3.8) is 0 Å². The molecule has 0 bridgehead atoms. The summed E-state index contributed by atoms with van der Waals surface area (Å²) < 4.78 is 5.52. The standard InChI is InChI=1S/C20H17BrN2O5/c1-10-4-11(2)6-13(5-10)23-19(26)14(18(25)22-20(23)27)7-12-8-17(28-3)16(24)9-15(12)21/h4-9,24H,1-3H3,(H,22,25,27). The molecule has 0 saturated carbocycles. The van der Waals surface area contributed by atoms with Gasteiger partial charge < -0.3 is 9.84 Å². The number of rotatable bonds is 3. The number of benzene rings is 2. The van der Waals surface area contributed by atoms with Crippen LogP contribution < -0.4 is 15.0 Å². The molecule has 1 saturated heterocycles. The van der Waals surface area contributed by atoms with E-state index in [1.807, 2.05) is 19.9 Å². The number of phenols is 1. The fourth-order valence-electron chi connectivity index (χ4n) is 2.96. The normalized spacial score (nSPS) is 15.8. The van der Waals surface area contributed by atoms with E-state index >= 15 is 0 Å². The Bertz CT molecular complexity index is 1020. The topological polar surface area (TPSA) is 95.9 Å². The van der Waals surface area contributed by atoms with E-state index in [0.29, 0.717) is 15.7 Å². The van der Waals surface area contributed by atoms with Crippen LogP contribution >= 0.6 is 15.9 Å². The number of barbiturate groups is 1. The lowest BCUT2D eigenvalue weighted by Crippen LogP contribution is -2.54. The maximum atomic E-state index is 13.0. The Morgan fingerprint density at radius 3 is 2.32 bits per heavy atom. The molecule has 0 radical (unpaired) electrons. The highest BCUT2D eigenvalue weighted by molar-refractivity contribution is 9.10. The molecule has 3 rings (SSSR count). The quantitative estimate of drug-likeness (QED) is 0.558. The molecule has 0 spiro atoms. The highest BCUT2D eigenvalue weighted by atomic mass is 79.9. The monoisotopic (exact) mass is 444 g/mol. The predicted octanol–water partition coefficient (Wildman–Crippen LogP) is 3.45. The number of nitrogens with one attached hydrogen (secondary N) is 1. The first-order chi connectivity index (χ1) is 13.2. The van der Waals surface area contributed by atoms with Gasteiger partial charge in [-0.15, -0.1) is 0 Å². The SMILES string of the molecule is COc1cc(C=C2C(=O)NC(=O)N(c3cc(C)cc(C)c3)C2=O)c(Br)cc1O. The molecule has 0 aromatic heterocycles. The number of methoxy groups -OCH3 is 1. The second kappa shape index (κ2) is 7.47. The highest BCUT2D eigenvalue weighted by Gasteiger charge is 2.37. The number of aromatic hydroxyl groups is 1. The first-order valence-corrected chi connectivity index (χ1v) is 9.07. The van der Waals surface area contributed by atoms with Gasteiger partial charge >= 0.3 is 6.03 Å². The minimum Gasteiger partial charge on any atom is -0.504 e. The van der Waals surface area contributed by atoms with E-state index in [1.54, 1.807) is 12.1 Å². The number of nitrogens with zero attached hydrogens (tertiary/aromatic N) is 1. The zero-order chi connectivity index (χ0) is 20.6. The second-order valence-electron chi connectivity index (χ2n) is 6.35. The molecule has 2 aromatic rings. The van der Waals surface area contributed by atoms with E-state index in [0.717, 1.165) is 16.0 Å². The van der Waals surface area contributed by atoms with Gasteiger partial charge in [0, 0.05) is 4.47 Å². The molecule has 1 heterocycles. The van der Waals surface area contributed by atoms with E-state index < -0.39 is 17.8 Å². The summed E-state index contributed by atoms with van der Waals surface area (Å²) in [5, 5.41) is 12.0. The lowest BCUT2D eigenvalue weighted by Gasteiger charge is -2.27. The molecular formula is C20H17BrN2O5. The number of ether oxygens (including phenoxy) is 1. The van der Waals surface area contributed by atoms with Crippen LogP contribution in [0, 0.1) is 13.8 Å². The van der Waals surface area contributed by atoms with Crippen molar-refractivity contribution in [2.75, 3.05) is 12.0 Å². The largest absolute Gasteiger partial charge is 0.504 e. The molecule has 2 N–H and O–H groups in total. The van der Waals surface area contributed by atoms with Crippen molar-refractivity contribution in [3.8, 4) is 11.5 Å². The predicted molar refractivity (Wildman–Crippen MR) is 107 cm³/mol. The number of carbonyl (C=O) groups is 3. The molecule has 1 aliphatic rings. The zero-order valence-corrected chi connectivity index (χ0v) is 17.0. The number of aryl methyl sites for hydroxylation is 2. The Labute approximate surface area is 169 Å². The number of carbonyl (C=O) groups excluding carboxylic acids is 3. The third-order valence-corrected chi connectivity index (χ3v) is 4.85. The Balaban J connectivity index is 2.09. The Morgan fingerprint density at radius 1 is 1.07 bits per heavy atom. The van der Waals surface area contributed by atoms with Crippen LogP contribution in [0.5, 0.6) is 11.5 Å². The lowest BCUT2D eigenvalue weighted by molar-refractivity contribution is -0.122. The van der Waals surface area contributed by atoms with Crippen molar-refractivity contribution in [3.05, 3.63) is 57.1 Å². The molecule has 144 valence electrons. The van der Waals surface area contributed by atoms with Gasteiger partial charge in [0.15, 0.2) is 11.5 Å². The van der Waals surface area contributed by atoms with Crippen LogP contribution in [0.4, 0.5) is 10.5 Å². The summed E-state index contributed by atoms with van der Waals surface area (Å²) in [6, 6.07) is 7.36. The van der Waals surface area contributed by atoms with Crippen molar-refractivity contribution in [2.24, 2.45) is 0 Å². The van der Waals surface area contributed by atoms with Crippen LogP contribution in [0.25, 0.3) is 6.08 Å². The zero-order valence-electron chi connectivity index (χ0n) is 15.4. The van der Waals surface area contributed by atoms with Crippen LogP contribution in [0.1, 0.15) is 16.7 Å². The number of hydrogen-bond acceptors (Lipinski definition) is 5. The Hall–Kier alpha value is -3.13. The molecule has 7 nitrogen and oxygen atoms in total. The number of urea groups is 1. The molecule has 1 fully saturated rings. The third-order valence-electron chi connectivity index (χ3n) is 4.16. The van der Waals surface area contributed by atoms with Gasteiger partial charge in [0.2, 0.25) is 0 Å². The molecule has 28 heavy (non-hydrogen) atoms. The van der Waals surface area contributed by atoms with Crippen LogP contribution in [-0.2, 0) is 9.59 Å². The van der Waals surface area contributed by atoms with Gasteiger partial charge in [-0.1, -0.05) is 22.0 Å². The molecule has 0 atom stereocenters. The Kier molecular flexibility index (Phi) is 5.24. The van der Waals surface area contributed by atoms with E-state index in [-0.39, 0.29) is 17.1 Å². The number of amides is 4. The van der Waals surface area contributed by atoms with Crippen LogP contribution in [0.15, 0.2) is 40.4 Å². The summed E-state index contributed by atoms with van der Waals surface area (Å²) in [6.07, 6.45) is 1.34. The Morgan fingerprint density at radius 2 is 1.71 bits per heavy atom. The summed E-state index contributed by atoms with van der Waals surface area (Å²) in [5.74, 6) is -1.45. The number of phenolic OH excluding ortho intramolecular Hbond substituents is 1. The number of imide groups is 2. The number of halogens is 1. The summed E-state index contributed by atoms with van der Waals surface area (Å²) in [5.41, 5.74) is 2.35. The van der Waals surface area contributed by atoms with Gasteiger partial charge in [0.1, 0.15) is 5.57 Å². The summed E-state index contributed by atoms with van der Waals surface area (Å²) in [4.78, 5) is 38.6. The van der Waals surface area contributed by atoms with Crippen molar-refractivity contribution in [1.29, 1.82) is 0 Å². The first-order valence-electron chi connectivity index (χ1n) is 8.27. The lowest BCUT2D eigenvalue weighted by atomic mass is 10.0. The van der Waals surface area contributed by atoms with Crippen molar-refractivity contribution < 1.29 is 24.2 Å². The summed E-state index contributed by atoms with van der Waals surface area (Å²) in [7, 11) is 1.39. The fourth-order valence-corrected chi connectivity index (χ4v) is 3.41. The van der Waals surface area contributed by atoms with Gasteiger partial charge in [0.25, 0.3) is 11.8 Å². The molecule has 8 heteroatoms. The van der Waals surface area contributed by atoms with Crippen molar-refractivity contribution >= 4 is 45.5 Å². The minimum absolute atomic E-state index is 0.0945. The fraction of sp³-hybridized carbons (Fsp3) is 0.150. The number of anilines is 1. The maximum absolute atomic E-state index is 13.0. The molecule has 2 aromatic carbocycles. The maximum Gasteiger partial charge on any atom is 0.335 e. The van der Waals surface area contributed by atoms with E-state index in [1.165, 1.54) is 25.3 Å². The van der Waals surface area contributed by atoms with Gasteiger partial charge in [-0.3, -0.25) is 14.9 Å². The molecule has 0 unspecified atom stereocenters. The number of hydrogen-bond donors (Lipinski definition) is 2. The van der Waals surface area contributed by atoms with E-state index in [9.17, 15) is 19.5 Å².